The lowest BCUT2D eigenvalue weighted by Gasteiger charge is -2.43. The van der Waals surface area contributed by atoms with Crippen LogP contribution in [0, 0.1) is 5.92 Å². The monoisotopic (exact) mass is 389 g/mol. The van der Waals surface area contributed by atoms with E-state index in [1.807, 2.05) is 32.3 Å². The third-order valence-corrected chi connectivity index (χ3v) is 10.5. The van der Waals surface area contributed by atoms with Crippen LogP contribution in [0.1, 0.15) is 38.7 Å². The molecule has 1 aliphatic carbocycles. The molecule has 0 unspecified atom stereocenters. The van der Waals surface area contributed by atoms with Gasteiger partial charge in [0.25, 0.3) is 0 Å². The van der Waals surface area contributed by atoms with Crippen LogP contribution in [0.15, 0.2) is 42.2 Å². The van der Waals surface area contributed by atoms with Crippen LogP contribution < -0.4 is 0 Å². The molecule has 1 aromatic rings. The zero-order valence-electron chi connectivity index (χ0n) is 18.1. The molecule has 0 aliphatic heterocycles. The normalized spacial score (nSPS) is 23.7. The van der Waals surface area contributed by atoms with E-state index in [4.69, 9.17) is 9.16 Å². The van der Waals surface area contributed by atoms with Crippen molar-refractivity contribution in [3.63, 3.8) is 0 Å². The molecule has 2 rings (SSSR count). The number of rotatable bonds is 5. The Balaban J connectivity index is 2.47. The summed E-state index contributed by atoms with van der Waals surface area (Å²) in [4.78, 5) is 14.8. The molecule has 0 amide bonds. The molecule has 0 bridgehead atoms. The van der Waals surface area contributed by atoms with Crippen LogP contribution in [-0.4, -0.2) is 46.4 Å². The molecule has 0 radical (unpaired) electrons. The van der Waals surface area contributed by atoms with Crippen molar-refractivity contribution in [2.24, 2.45) is 5.92 Å². The van der Waals surface area contributed by atoms with Crippen LogP contribution in [0.3, 0.4) is 0 Å². The number of carbonyl (C=O) groups excluding carboxylic acids is 1. The highest BCUT2D eigenvalue weighted by Crippen LogP contribution is 2.44. The maximum atomic E-state index is 12.7. The quantitative estimate of drug-likeness (QED) is 0.536. The second-order valence-electron chi connectivity index (χ2n) is 9.22. The highest BCUT2D eigenvalue weighted by molar-refractivity contribution is 6.74. The van der Waals surface area contributed by atoms with Crippen molar-refractivity contribution in [1.82, 2.24) is 4.90 Å². The lowest BCUT2D eigenvalue weighted by molar-refractivity contribution is -0.148. The molecule has 1 aromatic carbocycles. The first kappa shape index (κ1) is 21.7. The molecule has 0 saturated carbocycles. The molecule has 27 heavy (non-hydrogen) atoms. The van der Waals surface area contributed by atoms with Gasteiger partial charge >= 0.3 is 5.97 Å². The SMILES string of the molecule is COC(=O)[C@@H]1[C@@H](c2ccccc2)CC(O[Si](C)(C)C(C)(C)C)=C[C@H]1N(C)C. The van der Waals surface area contributed by atoms with Crippen molar-refractivity contribution in [3.8, 4) is 0 Å². The van der Waals surface area contributed by atoms with Crippen LogP contribution in [0.25, 0.3) is 0 Å². The van der Waals surface area contributed by atoms with Crippen molar-refractivity contribution >= 4 is 14.3 Å². The summed E-state index contributed by atoms with van der Waals surface area (Å²) in [7, 11) is 3.54. The molecule has 0 saturated heterocycles. The molecule has 0 heterocycles. The lowest BCUT2D eigenvalue weighted by Crippen LogP contribution is -2.46. The third-order valence-electron chi connectivity index (χ3n) is 6.07. The van der Waals surface area contributed by atoms with Crippen LogP contribution in [-0.2, 0) is 14.0 Å². The first-order valence-corrected chi connectivity index (χ1v) is 12.6. The molecular weight excluding hydrogens is 354 g/mol. The van der Waals surface area contributed by atoms with Gasteiger partial charge in [-0.25, -0.2) is 0 Å². The van der Waals surface area contributed by atoms with Gasteiger partial charge in [0.2, 0.25) is 8.32 Å². The van der Waals surface area contributed by atoms with Gasteiger partial charge in [-0.15, -0.1) is 0 Å². The minimum Gasteiger partial charge on any atom is -0.547 e. The molecule has 1 aliphatic rings. The van der Waals surface area contributed by atoms with E-state index in [0.717, 1.165) is 17.7 Å². The number of ether oxygens (including phenoxy) is 1. The molecule has 0 N–H and O–H groups in total. The fourth-order valence-corrected chi connectivity index (χ4v) is 4.55. The Kier molecular flexibility index (Phi) is 6.58. The first-order chi connectivity index (χ1) is 12.5. The zero-order chi connectivity index (χ0) is 20.4. The molecule has 0 fully saturated rings. The molecule has 150 valence electrons. The average molecular weight is 390 g/mol. The number of carbonyl (C=O) groups is 1. The summed E-state index contributed by atoms with van der Waals surface area (Å²) in [5, 5.41) is 0.128. The molecule has 5 heteroatoms. The lowest BCUT2D eigenvalue weighted by atomic mass is 9.74. The number of esters is 1. The predicted octanol–water partition coefficient (Wildman–Crippen LogP) is 4.80. The van der Waals surface area contributed by atoms with E-state index in [-0.39, 0.29) is 28.9 Å². The third kappa shape index (κ3) is 4.82. The molecule has 4 nitrogen and oxygen atoms in total. The topological polar surface area (TPSA) is 38.8 Å². The summed E-state index contributed by atoms with van der Waals surface area (Å²) in [5.74, 6) is 0.634. The van der Waals surface area contributed by atoms with E-state index in [2.05, 4.69) is 57.0 Å². The maximum absolute atomic E-state index is 12.7. The van der Waals surface area contributed by atoms with Gasteiger partial charge in [-0.2, -0.15) is 0 Å². The van der Waals surface area contributed by atoms with E-state index in [9.17, 15) is 4.79 Å². The van der Waals surface area contributed by atoms with Crippen LogP contribution in [0.5, 0.6) is 0 Å². The van der Waals surface area contributed by atoms with Crippen molar-refractivity contribution < 1.29 is 14.0 Å². The van der Waals surface area contributed by atoms with Gasteiger partial charge in [0, 0.05) is 18.4 Å². The minimum absolute atomic E-state index is 0.0378. The Morgan fingerprint density at radius 3 is 2.22 bits per heavy atom. The van der Waals surface area contributed by atoms with Gasteiger partial charge in [-0.05, 0) is 43.9 Å². The van der Waals surface area contributed by atoms with Crippen molar-refractivity contribution in [3.05, 3.63) is 47.7 Å². The summed E-state index contributed by atoms with van der Waals surface area (Å²) in [6, 6.07) is 10.2. The zero-order valence-corrected chi connectivity index (χ0v) is 19.1. The van der Waals surface area contributed by atoms with Crippen LogP contribution in [0.4, 0.5) is 0 Å². The van der Waals surface area contributed by atoms with Gasteiger partial charge in [0.15, 0.2) is 0 Å². The predicted molar refractivity (Wildman–Crippen MR) is 113 cm³/mol. The highest BCUT2D eigenvalue weighted by Gasteiger charge is 2.44. The number of nitrogens with zero attached hydrogens (tertiary/aromatic N) is 1. The van der Waals surface area contributed by atoms with E-state index in [1.165, 1.54) is 7.11 Å². The van der Waals surface area contributed by atoms with Crippen molar-refractivity contribution in [2.45, 2.75) is 57.3 Å². The Labute approximate surface area is 165 Å². The number of likely N-dealkylation sites (N-methyl/N-ethyl adjacent to an activating group) is 1. The van der Waals surface area contributed by atoms with E-state index in [1.54, 1.807) is 0 Å². The average Bonchev–Trinajstić information content (AvgIpc) is 2.59. The largest absolute Gasteiger partial charge is 0.547 e. The summed E-state index contributed by atoms with van der Waals surface area (Å²) in [5.41, 5.74) is 1.16. The number of hydrogen-bond donors (Lipinski definition) is 0. The van der Waals surface area contributed by atoms with Crippen LogP contribution >= 0.6 is 0 Å². The fraction of sp³-hybridized carbons (Fsp3) is 0.591. The van der Waals surface area contributed by atoms with Crippen LogP contribution in [0.2, 0.25) is 18.1 Å². The maximum Gasteiger partial charge on any atom is 0.311 e. The molecule has 3 atom stereocenters. The first-order valence-electron chi connectivity index (χ1n) is 9.67. The fourth-order valence-electron chi connectivity index (χ4n) is 3.44. The van der Waals surface area contributed by atoms with Crippen molar-refractivity contribution in [2.75, 3.05) is 21.2 Å². The van der Waals surface area contributed by atoms with Gasteiger partial charge in [-0.1, -0.05) is 51.1 Å². The smallest absolute Gasteiger partial charge is 0.311 e. The van der Waals surface area contributed by atoms with Gasteiger partial charge in [0.05, 0.1) is 18.8 Å². The Hall–Kier alpha value is -1.59. The van der Waals surface area contributed by atoms with Gasteiger partial charge < -0.3 is 14.1 Å². The number of allylic oxidation sites excluding steroid dienone is 1. The van der Waals surface area contributed by atoms with Crippen molar-refractivity contribution in [1.29, 1.82) is 0 Å². The standard InChI is InChI=1S/C22H35NO3Si/c1-22(2,3)27(7,8)26-17-14-18(16-12-10-9-11-13-16)20(21(24)25-6)19(15-17)23(4)5/h9-13,15,18-20H,14H2,1-8H3/t18-,19-,20-/m1/s1. The van der Waals surface area contributed by atoms with Gasteiger partial charge in [-0.3, -0.25) is 4.79 Å². The summed E-state index contributed by atoms with van der Waals surface area (Å²) < 4.78 is 11.8. The van der Waals surface area contributed by atoms with E-state index >= 15 is 0 Å². The summed E-state index contributed by atoms with van der Waals surface area (Å²) >= 11 is 0. The minimum atomic E-state index is -1.95. The van der Waals surface area contributed by atoms with E-state index < -0.39 is 8.32 Å². The molecule has 0 aromatic heterocycles. The Morgan fingerprint density at radius 1 is 1.15 bits per heavy atom. The molecule has 0 spiro atoms. The summed E-state index contributed by atoms with van der Waals surface area (Å²) in [6.07, 6.45) is 2.86. The summed E-state index contributed by atoms with van der Waals surface area (Å²) in [6.45, 7) is 11.3. The van der Waals surface area contributed by atoms with Gasteiger partial charge in [0.1, 0.15) is 0 Å². The number of hydrogen-bond acceptors (Lipinski definition) is 4. The second-order valence-corrected chi connectivity index (χ2v) is 13.9. The second kappa shape index (κ2) is 8.19. The highest BCUT2D eigenvalue weighted by atomic mass is 28.4. The number of methoxy groups -OCH3 is 1. The molecular formula is C22H35NO3Si. The number of benzene rings is 1. The Bertz CT molecular complexity index is 677. The Morgan fingerprint density at radius 2 is 1.74 bits per heavy atom. The van der Waals surface area contributed by atoms with E-state index in [0.29, 0.717) is 0 Å².